The van der Waals surface area contributed by atoms with Crippen molar-refractivity contribution < 1.29 is 0 Å². The van der Waals surface area contributed by atoms with Gasteiger partial charge in [-0.25, -0.2) is 9.67 Å². The number of nitrogens with zero attached hydrogens (tertiary/aromatic N) is 3. The van der Waals surface area contributed by atoms with Crippen LogP contribution in [0, 0.1) is 20.8 Å². The van der Waals surface area contributed by atoms with Crippen molar-refractivity contribution in [2.75, 3.05) is 5.32 Å². The Hall–Kier alpha value is -2.92. The molecule has 0 saturated carbocycles. The molecule has 0 radical (unpaired) electrons. The third kappa shape index (κ3) is 3.26. The highest BCUT2D eigenvalue weighted by Crippen LogP contribution is 2.30. The number of benzene rings is 2. The lowest BCUT2D eigenvalue weighted by molar-refractivity contribution is 0.847. The first-order chi connectivity index (χ1) is 12.6. The van der Waals surface area contributed by atoms with Gasteiger partial charge in [0, 0.05) is 16.6 Å². The zero-order chi connectivity index (χ0) is 18.1. The Bertz CT molecular complexity index is 1030. The maximum Gasteiger partial charge on any atom is 0.187 e. The third-order valence-corrected chi connectivity index (χ3v) is 5.02. The fourth-order valence-corrected chi connectivity index (χ4v) is 3.85. The number of aromatic nitrogens is 3. The Morgan fingerprint density at radius 3 is 2.42 bits per heavy atom. The van der Waals surface area contributed by atoms with Crippen molar-refractivity contribution in [3.8, 4) is 16.9 Å². The summed E-state index contributed by atoms with van der Waals surface area (Å²) in [6, 6.07) is 16.6. The number of rotatable bonds is 4. The molecule has 2 heterocycles. The topological polar surface area (TPSA) is 42.7 Å². The second-order valence-corrected chi connectivity index (χ2v) is 7.29. The number of thiazole rings is 1. The van der Waals surface area contributed by atoms with Gasteiger partial charge in [0.1, 0.15) is 0 Å². The molecule has 26 heavy (non-hydrogen) atoms. The van der Waals surface area contributed by atoms with Crippen LogP contribution in [0.5, 0.6) is 0 Å². The van der Waals surface area contributed by atoms with Crippen molar-refractivity contribution >= 4 is 22.2 Å². The second kappa shape index (κ2) is 6.77. The lowest BCUT2D eigenvalue weighted by atomic mass is 10.1. The van der Waals surface area contributed by atoms with Crippen LogP contribution >= 0.6 is 11.3 Å². The average molecular weight is 360 g/mol. The molecule has 0 aliphatic heterocycles. The first-order valence-electron chi connectivity index (χ1n) is 8.51. The molecular formula is C21H20N4S. The number of hydrogen-bond acceptors (Lipinski definition) is 4. The van der Waals surface area contributed by atoms with Crippen molar-refractivity contribution in [2.24, 2.45) is 0 Å². The summed E-state index contributed by atoms with van der Waals surface area (Å²) in [6.45, 7) is 6.28. The Balaban J connectivity index is 1.61. The molecule has 2 aromatic carbocycles. The van der Waals surface area contributed by atoms with Crippen LogP contribution in [0.3, 0.4) is 0 Å². The Kier molecular flexibility index (Phi) is 4.31. The number of nitrogens with one attached hydrogen (secondary N) is 1. The fraction of sp³-hybridized carbons (Fsp3) is 0.143. The van der Waals surface area contributed by atoms with Crippen molar-refractivity contribution in [3.05, 3.63) is 76.9 Å². The number of hydrogen-bond donors (Lipinski definition) is 1. The second-order valence-electron chi connectivity index (χ2n) is 6.43. The Labute approximate surface area is 157 Å². The van der Waals surface area contributed by atoms with E-state index < -0.39 is 0 Å². The summed E-state index contributed by atoms with van der Waals surface area (Å²) in [5, 5.41) is 10.9. The van der Waals surface area contributed by atoms with Crippen molar-refractivity contribution in [1.29, 1.82) is 0 Å². The van der Waals surface area contributed by atoms with Crippen molar-refractivity contribution in [1.82, 2.24) is 14.8 Å². The standard InChI is InChI=1S/C21H20N4S/c1-14-9-15(2)11-17(10-14)23-21-24-20(13-26-21)19-12-22-25(16(19)3)18-7-5-4-6-8-18/h4-13H,1-3H3,(H,23,24). The largest absolute Gasteiger partial charge is 0.332 e. The number of para-hydroxylation sites is 1. The Morgan fingerprint density at radius 1 is 0.962 bits per heavy atom. The molecule has 0 aliphatic carbocycles. The van der Waals surface area contributed by atoms with Crippen LogP contribution in [0.15, 0.2) is 60.1 Å². The monoisotopic (exact) mass is 360 g/mol. The van der Waals surface area contributed by atoms with Gasteiger partial charge in [-0.05, 0) is 56.2 Å². The van der Waals surface area contributed by atoms with E-state index in [0.29, 0.717) is 0 Å². The van der Waals surface area contributed by atoms with E-state index in [1.54, 1.807) is 11.3 Å². The van der Waals surface area contributed by atoms with E-state index in [1.807, 2.05) is 29.1 Å². The zero-order valence-corrected chi connectivity index (χ0v) is 15.8. The van der Waals surface area contributed by atoms with Gasteiger partial charge in [-0.3, -0.25) is 0 Å². The van der Waals surface area contributed by atoms with Crippen LogP contribution in [-0.4, -0.2) is 14.8 Å². The van der Waals surface area contributed by atoms with E-state index in [-0.39, 0.29) is 0 Å². The van der Waals surface area contributed by atoms with Gasteiger partial charge < -0.3 is 5.32 Å². The van der Waals surface area contributed by atoms with Gasteiger partial charge in [0.15, 0.2) is 5.13 Å². The van der Waals surface area contributed by atoms with E-state index in [9.17, 15) is 0 Å². The van der Waals surface area contributed by atoms with Gasteiger partial charge in [-0.15, -0.1) is 11.3 Å². The van der Waals surface area contributed by atoms with Crippen LogP contribution in [-0.2, 0) is 0 Å². The minimum Gasteiger partial charge on any atom is -0.332 e. The molecule has 1 N–H and O–H groups in total. The number of anilines is 2. The van der Waals surface area contributed by atoms with Crippen LogP contribution < -0.4 is 5.32 Å². The third-order valence-electron chi connectivity index (χ3n) is 4.26. The SMILES string of the molecule is Cc1cc(C)cc(Nc2nc(-c3cnn(-c4ccccc4)c3C)cs2)c1. The molecule has 130 valence electrons. The maximum absolute atomic E-state index is 4.76. The molecule has 4 nitrogen and oxygen atoms in total. The lowest BCUT2D eigenvalue weighted by Crippen LogP contribution is -1.98. The predicted molar refractivity (Wildman–Crippen MR) is 109 cm³/mol. The minimum atomic E-state index is 0.886. The molecule has 0 fully saturated rings. The first kappa shape index (κ1) is 16.5. The van der Waals surface area contributed by atoms with Gasteiger partial charge >= 0.3 is 0 Å². The predicted octanol–water partition coefficient (Wildman–Crippen LogP) is 5.66. The highest BCUT2D eigenvalue weighted by molar-refractivity contribution is 7.14. The Morgan fingerprint density at radius 2 is 1.69 bits per heavy atom. The molecule has 2 aromatic heterocycles. The first-order valence-corrected chi connectivity index (χ1v) is 9.39. The molecule has 4 rings (SSSR count). The highest BCUT2D eigenvalue weighted by atomic mass is 32.1. The van der Waals surface area contributed by atoms with E-state index >= 15 is 0 Å². The lowest BCUT2D eigenvalue weighted by Gasteiger charge is -2.05. The summed E-state index contributed by atoms with van der Waals surface area (Å²) in [4.78, 5) is 4.76. The van der Waals surface area contributed by atoms with E-state index in [0.717, 1.165) is 33.5 Å². The molecule has 0 unspecified atom stereocenters. The summed E-state index contributed by atoms with van der Waals surface area (Å²) in [7, 11) is 0. The van der Waals surface area contributed by atoms with Crippen LogP contribution in [0.2, 0.25) is 0 Å². The van der Waals surface area contributed by atoms with E-state index in [4.69, 9.17) is 4.98 Å². The molecule has 0 atom stereocenters. The van der Waals surface area contributed by atoms with Gasteiger partial charge in [-0.2, -0.15) is 5.10 Å². The fourth-order valence-electron chi connectivity index (χ4n) is 3.12. The smallest absolute Gasteiger partial charge is 0.187 e. The number of aryl methyl sites for hydroxylation is 2. The van der Waals surface area contributed by atoms with E-state index in [2.05, 4.69) is 66.9 Å². The summed E-state index contributed by atoms with van der Waals surface area (Å²) in [5.74, 6) is 0. The normalized spacial score (nSPS) is 10.9. The molecule has 0 saturated heterocycles. The summed E-state index contributed by atoms with van der Waals surface area (Å²) < 4.78 is 1.95. The van der Waals surface area contributed by atoms with Crippen molar-refractivity contribution in [2.45, 2.75) is 20.8 Å². The molecule has 0 amide bonds. The van der Waals surface area contributed by atoms with Gasteiger partial charge in [0.2, 0.25) is 0 Å². The van der Waals surface area contributed by atoms with Gasteiger partial charge in [-0.1, -0.05) is 24.3 Å². The average Bonchev–Trinajstić information content (AvgIpc) is 3.21. The highest BCUT2D eigenvalue weighted by Gasteiger charge is 2.13. The molecular weight excluding hydrogens is 340 g/mol. The quantitative estimate of drug-likeness (QED) is 0.510. The van der Waals surface area contributed by atoms with Crippen LogP contribution in [0.1, 0.15) is 16.8 Å². The summed E-state index contributed by atoms with van der Waals surface area (Å²) >= 11 is 1.61. The van der Waals surface area contributed by atoms with Gasteiger partial charge in [0.25, 0.3) is 0 Å². The molecule has 0 spiro atoms. The van der Waals surface area contributed by atoms with Crippen LogP contribution in [0.4, 0.5) is 10.8 Å². The minimum absolute atomic E-state index is 0.886. The van der Waals surface area contributed by atoms with Crippen molar-refractivity contribution in [3.63, 3.8) is 0 Å². The maximum atomic E-state index is 4.76. The zero-order valence-electron chi connectivity index (χ0n) is 15.0. The van der Waals surface area contributed by atoms with Crippen LogP contribution in [0.25, 0.3) is 16.9 Å². The van der Waals surface area contributed by atoms with Gasteiger partial charge in [0.05, 0.1) is 23.3 Å². The summed E-state index contributed by atoms with van der Waals surface area (Å²) in [6.07, 6.45) is 1.89. The van der Waals surface area contributed by atoms with E-state index in [1.165, 1.54) is 11.1 Å². The molecule has 0 aliphatic rings. The summed E-state index contributed by atoms with van der Waals surface area (Å²) in [5.41, 5.74) is 7.69. The molecule has 0 bridgehead atoms. The molecule has 5 heteroatoms. The molecule has 4 aromatic rings.